The number of carbonyl (C=O) groups excluding carboxylic acids is 1. The standard InChI is InChI=1S/C13H22O/c1-9-5-13(6-9)7-10(8-13)11(14)12(2,3)4/h9-10H,5-8H2,1-4H3. The second kappa shape index (κ2) is 2.84. The molecule has 80 valence electrons. The minimum absolute atomic E-state index is 0.123. The molecule has 2 aliphatic carbocycles. The first-order chi connectivity index (χ1) is 6.32. The zero-order chi connectivity index (χ0) is 10.6. The van der Waals surface area contributed by atoms with Gasteiger partial charge in [-0.15, -0.1) is 0 Å². The van der Waals surface area contributed by atoms with E-state index < -0.39 is 0 Å². The monoisotopic (exact) mass is 194 g/mol. The largest absolute Gasteiger partial charge is 0.299 e. The molecule has 0 aromatic heterocycles. The summed E-state index contributed by atoms with van der Waals surface area (Å²) >= 11 is 0. The molecule has 0 saturated heterocycles. The third-order valence-electron chi connectivity index (χ3n) is 4.03. The number of ketones is 1. The minimum atomic E-state index is -0.123. The van der Waals surface area contributed by atoms with E-state index in [0.29, 0.717) is 17.1 Å². The van der Waals surface area contributed by atoms with Crippen molar-refractivity contribution in [2.75, 3.05) is 0 Å². The smallest absolute Gasteiger partial charge is 0.141 e. The van der Waals surface area contributed by atoms with Gasteiger partial charge in [0, 0.05) is 11.3 Å². The van der Waals surface area contributed by atoms with Crippen molar-refractivity contribution in [1.82, 2.24) is 0 Å². The normalized spacial score (nSPS) is 41.7. The summed E-state index contributed by atoms with van der Waals surface area (Å²) < 4.78 is 0. The molecule has 1 spiro atoms. The molecule has 0 N–H and O–H groups in total. The Balaban J connectivity index is 1.86. The maximum Gasteiger partial charge on any atom is 0.141 e. The Kier molecular flexibility index (Phi) is 2.06. The Morgan fingerprint density at radius 3 is 2.00 bits per heavy atom. The number of hydrogen-bond acceptors (Lipinski definition) is 1. The maximum atomic E-state index is 12.0. The molecule has 14 heavy (non-hydrogen) atoms. The van der Waals surface area contributed by atoms with Gasteiger partial charge >= 0.3 is 0 Å². The van der Waals surface area contributed by atoms with E-state index in [-0.39, 0.29) is 5.41 Å². The van der Waals surface area contributed by atoms with Crippen LogP contribution in [0.3, 0.4) is 0 Å². The maximum absolute atomic E-state index is 12.0. The first-order valence-corrected chi connectivity index (χ1v) is 5.87. The zero-order valence-corrected chi connectivity index (χ0v) is 9.89. The van der Waals surface area contributed by atoms with E-state index >= 15 is 0 Å². The first-order valence-electron chi connectivity index (χ1n) is 5.87. The summed E-state index contributed by atoms with van der Waals surface area (Å²) in [5.74, 6) is 1.80. The molecule has 0 atom stereocenters. The average molecular weight is 194 g/mol. The molecule has 2 aliphatic rings. The van der Waals surface area contributed by atoms with E-state index in [2.05, 4.69) is 6.92 Å². The van der Waals surface area contributed by atoms with Crippen LogP contribution in [0, 0.1) is 22.7 Å². The van der Waals surface area contributed by atoms with Crippen LogP contribution < -0.4 is 0 Å². The Hall–Kier alpha value is -0.330. The molecular formula is C13H22O. The highest BCUT2D eigenvalue weighted by atomic mass is 16.1. The highest BCUT2D eigenvalue weighted by Gasteiger charge is 2.54. The van der Waals surface area contributed by atoms with Gasteiger partial charge in [0.1, 0.15) is 5.78 Å². The Morgan fingerprint density at radius 1 is 1.14 bits per heavy atom. The molecule has 0 bridgehead atoms. The SMILES string of the molecule is CC1CC2(C1)CC(C(=O)C(C)(C)C)C2. The number of rotatable bonds is 1. The van der Waals surface area contributed by atoms with Gasteiger partial charge in [-0.2, -0.15) is 0 Å². The zero-order valence-electron chi connectivity index (χ0n) is 9.89. The second-order valence-electron chi connectivity index (χ2n) is 6.73. The molecule has 0 heterocycles. The van der Waals surface area contributed by atoms with Crippen molar-refractivity contribution in [3.05, 3.63) is 0 Å². The third-order valence-corrected chi connectivity index (χ3v) is 4.03. The number of carbonyl (C=O) groups is 1. The number of hydrogen-bond donors (Lipinski definition) is 0. The summed E-state index contributed by atoms with van der Waals surface area (Å²) in [5.41, 5.74) is 0.493. The Morgan fingerprint density at radius 2 is 1.64 bits per heavy atom. The predicted octanol–water partition coefficient (Wildman–Crippen LogP) is 3.43. The molecule has 0 aliphatic heterocycles. The highest BCUT2D eigenvalue weighted by molar-refractivity contribution is 5.86. The van der Waals surface area contributed by atoms with Crippen LogP contribution in [-0.4, -0.2) is 5.78 Å². The molecule has 1 heteroatoms. The van der Waals surface area contributed by atoms with E-state index in [1.165, 1.54) is 25.7 Å². The van der Waals surface area contributed by atoms with E-state index in [1.807, 2.05) is 20.8 Å². The van der Waals surface area contributed by atoms with Gasteiger partial charge in [0.2, 0.25) is 0 Å². The van der Waals surface area contributed by atoms with Crippen molar-refractivity contribution in [2.24, 2.45) is 22.7 Å². The summed E-state index contributed by atoms with van der Waals surface area (Å²) in [6, 6.07) is 0. The molecule has 2 rings (SSSR count). The van der Waals surface area contributed by atoms with Crippen LogP contribution in [0.25, 0.3) is 0 Å². The quantitative estimate of drug-likeness (QED) is 0.625. The average Bonchev–Trinajstić information content (AvgIpc) is 1.90. The summed E-state index contributed by atoms with van der Waals surface area (Å²) in [7, 11) is 0. The van der Waals surface area contributed by atoms with E-state index in [1.54, 1.807) is 0 Å². The van der Waals surface area contributed by atoms with Crippen LogP contribution in [0.4, 0.5) is 0 Å². The molecule has 2 fully saturated rings. The van der Waals surface area contributed by atoms with Crippen LogP contribution in [-0.2, 0) is 4.79 Å². The van der Waals surface area contributed by atoms with Crippen molar-refractivity contribution in [3.8, 4) is 0 Å². The molecule has 1 nitrogen and oxygen atoms in total. The van der Waals surface area contributed by atoms with Crippen molar-refractivity contribution in [3.63, 3.8) is 0 Å². The summed E-state index contributed by atoms with van der Waals surface area (Å²) in [6.07, 6.45) is 5.13. The minimum Gasteiger partial charge on any atom is -0.299 e. The fourth-order valence-electron chi connectivity index (χ4n) is 3.54. The van der Waals surface area contributed by atoms with Crippen molar-refractivity contribution in [2.45, 2.75) is 53.4 Å². The first kappa shape index (κ1) is 10.2. The lowest BCUT2D eigenvalue weighted by atomic mass is 9.47. The Labute approximate surface area is 87.3 Å². The van der Waals surface area contributed by atoms with Crippen molar-refractivity contribution >= 4 is 5.78 Å². The van der Waals surface area contributed by atoms with Crippen LogP contribution in [0.5, 0.6) is 0 Å². The topological polar surface area (TPSA) is 17.1 Å². The lowest BCUT2D eigenvalue weighted by molar-refractivity contribution is -0.145. The lowest BCUT2D eigenvalue weighted by Gasteiger charge is -2.57. The van der Waals surface area contributed by atoms with Gasteiger partial charge in [-0.1, -0.05) is 27.7 Å². The molecule has 0 amide bonds. The molecule has 0 unspecified atom stereocenters. The molecular weight excluding hydrogens is 172 g/mol. The van der Waals surface area contributed by atoms with Crippen LogP contribution in [0.2, 0.25) is 0 Å². The van der Waals surface area contributed by atoms with Crippen molar-refractivity contribution < 1.29 is 4.79 Å². The van der Waals surface area contributed by atoms with Gasteiger partial charge in [0.25, 0.3) is 0 Å². The van der Waals surface area contributed by atoms with Crippen LogP contribution >= 0.6 is 0 Å². The third kappa shape index (κ3) is 1.51. The second-order valence-corrected chi connectivity index (χ2v) is 6.73. The van der Waals surface area contributed by atoms with Crippen LogP contribution in [0.1, 0.15) is 53.4 Å². The van der Waals surface area contributed by atoms with E-state index in [4.69, 9.17) is 0 Å². The molecule has 0 aromatic carbocycles. The predicted molar refractivity (Wildman–Crippen MR) is 58.0 cm³/mol. The van der Waals surface area contributed by atoms with Crippen LogP contribution in [0.15, 0.2) is 0 Å². The van der Waals surface area contributed by atoms with Gasteiger partial charge in [-0.3, -0.25) is 4.79 Å². The van der Waals surface area contributed by atoms with Gasteiger partial charge in [0.15, 0.2) is 0 Å². The van der Waals surface area contributed by atoms with Gasteiger partial charge in [-0.05, 0) is 37.0 Å². The number of Topliss-reactive ketones (excluding diaryl/α,β-unsaturated/α-hetero) is 1. The van der Waals surface area contributed by atoms with E-state index in [0.717, 1.165) is 5.92 Å². The summed E-state index contributed by atoms with van der Waals surface area (Å²) in [5, 5.41) is 0. The fraction of sp³-hybridized carbons (Fsp3) is 0.923. The van der Waals surface area contributed by atoms with Gasteiger partial charge in [-0.25, -0.2) is 0 Å². The summed E-state index contributed by atoms with van der Waals surface area (Å²) in [4.78, 5) is 12.0. The summed E-state index contributed by atoms with van der Waals surface area (Å²) in [6.45, 7) is 8.46. The highest BCUT2D eigenvalue weighted by Crippen LogP contribution is 2.61. The van der Waals surface area contributed by atoms with E-state index in [9.17, 15) is 4.79 Å². The lowest BCUT2D eigenvalue weighted by Crippen LogP contribution is -2.50. The molecule has 0 aromatic rings. The molecule has 2 saturated carbocycles. The van der Waals surface area contributed by atoms with Crippen molar-refractivity contribution in [1.29, 1.82) is 0 Å². The fourth-order valence-corrected chi connectivity index (χ4v) is 3.54. The molecule has 0 radical (unpaired) electrons. The van der Waals surface area contributed by atoms with Gasteiger partial charge < -0.3 is 0 Å². The van der Waals surface area contributed by atoms with Gasteiger partial charge in [0.05, 0.1) is 0 Å². The Bertz CT molecular complexity index is 245.